The van der Waals surface area contributed by atoms with E-state index in [1.165, 1.54) is 11.4 Å². The van der Waals surface area contributed by atoms with E-state index in [9.17, 15) is 0 Å². The van der Waals surface area contributed by atoms with E-state index in [2.05, 4.69) is 25.0 Å². The van der Waals surface area contributed by atoms with Crippen LogP contribution in [0.2, 0.25) is 0 Å². The van der Waals surface area contributed by atoms with Crippen LogP contribution in [0, 0.1) is 0 Å². The third kappa shape index (κ3) is 3.03. The average molecular weight is 213 g/mol. The first kappa shape index (κ1) is 11.6. The summed E-state index contributed by atoms with van der Waals surface area (Å²) in [6, 6.07) is 2.18. The van der Waals surface area contributed by atoms with Crippen molar-refractivity contribution >= 4 is 11.8 Å². The zero-order valence-electron chi connectivity index (χ0n) is 9.16. The second kappa shape index (κ2) is 5.41. The highest BCUT2D eigenvalue weighted by Gasteiger charge is 2.06. The highest BCUT2D eigenvalue weighted by atomic mass is 32.2. The summed E-state index contributed by atoms with van der Waals surface area (Å²) in [5, 5.41) is 4.93. The van der Waals surface area contributed by atoms with Crippen molar-refractivity contribution in [3.8, 4) is 0 Å². The van der Waals surface area contributed by atoms with Gasteiger partial charge in [-0.3, -0.25) is 4.68 Å². The number of thioether (sulfide) groups is 1. The molecule has 1 rings (SSSR count). The molecule has 0 fully saturated rings. The summed E-state index contributed by atoms with van der Waals surface area (Å²) in [6.45, 7) is 5.02. The van der Waals surface area contributed by atoms with Crippen LogP contribution in [0.3, 0.4) is 0 Å². The summed E-state index contributed by atoms with van der Waals surface area (Å²) >= 11 is 1.88. The van der Waals surface area contributed by atoms with Crippen molar-refractivity contribution in [2.24, 2.45) is 12.8 Å². The molecule has 14 heavy (non-hydrogen) atoms. The van der Waals surface area contributed by atoms with Crippen molar-refractivity contribution in [2.75, 3.05) is 6.54 Å². The zero-order valence-corrected chi connectivity index (χ0v) is 9.97. The number of nitrogens with two attached hydrogens (primary N) is 1. The molecule has 4 heteroatoms. The molecule has 80 valence electrons. The van der Waals surface area contributed by atoms with E-state index in [-0.39, 0.29) is 0 Å². The van der Waals surface area contributed by atoms with Gasteiger partial charge in [0.15, 0.2) is 0 Å². The second-order valence-electron chi connectivity index (χ2n) is 3.46. The molecule has 1 aromatic heterocycles. The van der Waals surface area contributed by atoms with Crippen LogP contribution in [0.25, 0.3) is 0 Å². The highest BCUT2D eigenvalue weighted by Crippen LogP contribution is 2.17. The van der Waals surface area contributed by atoms with Gasteiger partial charge in [0.25, 0.3) is 0 Å². The largest absolute Gasteiger partial charge is 0.329 e. The van der Waals surface area contributed by atoms with Crippen LogP contribution in [0.4, 0.5) is 0 Å². The Morgan fingerprint density at radius 3 is 2.86 bits per heavy atom. The zero-order chi connectivity index (χ0) is 10.6. The minimum absolute atomic E-state index is 0.523. The minimum atomic E-state index is 0.523. The van der Waals surface area contributed by atoms with Gasteiger partial charge in [-0.15, -0.1) is 0 Å². The van der Waals surface area contributed by atoms with E-state index in [1.54, 1.807) is 0 Å². The number of aryl methyl sites for hydroxylation is 2. The maximum atomic E-state index is 5.56. The van der Waals surface area contributed by atoms with Gasteiger partial charge in [0.05, 0.1) is 5.69 Å². The number of hydrogen-bond donors (Lipinski definition) is 1. The van der Waals surface area contributed by atoms with Gasteiger partial charge in [-0.2, -0.15) is 16.9 Å². The van der Waals surface area contributed by atoms with Gasteiger partial charge < -0.3 is 5.73 Å². The van der Waals surface area contributed by atoms with Crippen molar-refractivity contribution in [3.63, 3.8) is 0 Å². The van der Waals surface area contributed by atoms with E-state index in [1.807, 2.05) is 23.5 Å². The van der Waals surface area contributed by atoms with Crippen molar-refractivity contribution in [2.45, 2.75) is 31.3 Å². The van der Waals surface area contributed by atoms with Gasteiger partial charge in [-0.25, -0.2) is 0 Å². The predicted molar refractivity (Wildman–Crippen MR) is 62.4 cm³/mol. The van der Waals surface area contributed by atoms with E-state index in [0.717, 1.165) is 18.7 Å². The fourth-order valence-corrected chi connectivity index (χ4v) is 2.04. The molecule has 0 bridgehead atoms. The maximum Gasteiger partial charge on any atom is 0.0624 e. The molecule has 0 radical (unpaired) electrons. The van der Waals surface area contributed by atoms with E-state index >= 15 is 0 Å². The van der Waals surface area contributed by atoms with Crippen molar-refractivity contribution < 1.29 is 0 Å². The fraction of sp³-hybridized carbons (Fsp3) is 0.700. The Kier molecular flexibility index (Phi) is 4.48. The molecule has 0 aliphatic carbocycles. The number of aromatic nitrogens is 2. The number of nitrogens with zero attached hydrogens (tertiary/aromatic N) is 2. The molecule has 1 atom stereocenters. The summed E-state index contributed by atoms with van der Waals surface area (Å²) in [5.74, 6) is 1.00. The lowest BCUT2D eigenvalue weighted by Gasteiger charge is -2.07. The third-order valence-electron chi connectivity index (χ3n) is 2.24. The summed E-state index contributed by atoms with van der Waals surface area (Å²) in [7, 11) is 2.00. The Morgan fingerprint density at radius 2 is 2.36 bits per heavy atom. The predicted octanol–water partition coefficient (Wildman–Crippen LogP) is 1.56. The normalized spacial score (nSPS) is 13.1. The highest BCUT2D eigenvalue weighted by molar-refractivity contribution is 7.99. The number of hydrogen-bond acceptors (Lipinski definition) is 3. The van der Waals surface area contributed by atoms with Gasteiger partial charge >= 0.3 is 0 Å². The Bertz CT molecular complexity index is 283. The Hall–Kier alpha value is -0.480. The smallest absolute Gasteiger partial charge is 0.0624 e. The van der Waals surface area contributed by atoms with E-state index in [0.29, 0.717) is 5.25 Å². The molecule has 2 N–H and O–H groups in total. The van der Waals surface area contributed by atoms with Crippen LogP contribution in [0.1, 0.15) is 25.2 Å². The third-order valence-corrected chi connectivity index (χ3v) is 3.46. The van der Waals surface area contributed by atoms with Crippen LogP contribution in [0.15, 0.2) is 6.07 Å². The van der Waals surface area contributed by atoms with Crippen molar-refractivity contribution in [3.05, 3.63) is 17.5 Å². The molecule has 1 heterocycles. The summed E-state index contributed by atoms with van der Waals surface area (Å²) in [4.78, 5) is 0. The maximum absolute atomic E-state index is 5.56. The standard InChI is InChI=1S/C10H19N3S/c1-4-9-5-10(13(3)12-9)7-14-8(2)6-11/h5,8H,4,6-7,11H2,1-3H3. The van der Waals surface area contributed by atoms with Crippen LogP contribution in [0.5, 0.6) is 0 Å². The first-order valence-corrected chi connectivity index (χ1v) is 6.05. The van der Waals surface area contributed by atoms with Crippen LogP contribution >= 0.6 is 11.8 Å². The van der Waals surface area contributed by atoms with Gasteiger partial charge in [0.2, 0.25) is 0 Å². The van der Waals surface area contributed by atoms with Crippen molar-refractivity contribution in [1.82, 2.24) is 9.78 Å². The molecule has 0 saturated carbocycles. The monoisotopic (exact) mass is 213 g/mol. The molecule has 0 saturated heterocycles. The molecular weight excluding hydrogens is 194 g/mol. The molecule has 1 unspecified atom stereocenters. The molecule has 0 aliphatic rings. The van der Waals surface area contributed by atoms with Crippen molar-refractivity contribution in [1.29, 1.82) is 0 Å². The lowest BCUT2D eigenvalue weighted by molar-refractivity contribution is 0.719. The Labute approximate surface area is 90.1 Å². The average Bonchev–Trinajstić information content (AvgIpc) is 2.55. The van der Waals surface area contributed by atoms with Crippen LogP contribution < -0.4 is 5.73 Å². The lowest BCUT2D eigenvalue weighted by Crippen LogP contribution is -2.13. The second-order valence-corrected chi connectivity index (χ2v) is 4.89. The topological polar surface area (TPSA) is 43.8 Å². The molecule has 0 amide bonds. The minimum Gasteiger partial charge on any atom is -0.329 e. The molecular formula is C10H19N3S. The molecule has 3 nitrogen and oxygen atoms in total. The Balaban J connectivity index is 2.53. The quantitative estimate of drug-likeness (QED) is 0.807. The van der Waals surface area contributed by atoms with Gasteiger partial charge in [0, 0.05) is 30.3 Å². The van der Waals surface area contributed by atoms with E-state index < -0.39 is 0 Å². The first-order chi connectivity index (χ1) is 6.67. The summed E-state index contributed by atoms with van der Waals surface area (Å²) in [5.41, 5.74) is 8.02. The molecule has 0 aliphatic heterocycles. The fourth-order valence-electron chi connectivity index (χ4n) is 1.18. The summed E-state index contributed by atoms with van der Waals surface area (Å²) < 4.78 is 1.97. The lowest BCUT2D eigenvalue weighted by atomic mass is 10.3. The van der Waals surface area contributed by atoms with Gasteiger partial charge in [-0.05, 0) is 12.5 Å². The first-order valence-electron chi connectivity index (χ1n) is 5.00. The SMILES string of the molecule is CCc1cc(CSC(C)CN)n(C)n1. The summed E-state index contributed by atoms with van der Waals surface area (Å²) in [6.07, 6.45) is 1.00. The van der Waals surface area contributed by atoms with Crippen LogP contribution in [-0.2, 0) is 19.2 Å². The van der Waals surface area contributed by atoms with Gasteiger partial charge in [0.1, 0.15) is 0 Å². The van der Waals surface area contributed by atoms with E-state index in [4.69, 9.17) is 5.73 Å². The molecule has 1 aromatic rings. The molecule has 0 aromatic carbocycles. The van der Waals surface area contributed by atoms with Gasteiger partial charge in [-0.1, -0.05) is 13.8 Å². The number of rotatable bonds is 5. The molecule has 0 spiro atoms. The Morgan fingerprint density at radius 1 is 1.64 bits per heavy atom. The van der Waals surface area contributed by atoms with Crippen LogP contribution in [-0.4, -0.2) is 21.6 Å².